The zero-order valence-electron chi connectivity index (χ0n) is 88.1. The van der Waals surface area contributed by atoms with E-state index in [0.29, 0.717) is 95.9 Å². The van der Waals surface area contributed by atoms with Crippen LogP contribution in [-0.2, 0) is 66.8 Å². The van der Waals surface area contributed by atoms with Crippen LogP contribution in [0.4, 0.5) is 0 Å². The monoisotopic (exact) mass is 1890 g/mol. The molecule has 7 N–H and O–H groups in total. The molecule has 21 heteroatoms. The Kier molecular flexibility index (Phi) is 33.9. The molecule has 770 valence electrons. The number of aliphatic hydroxyl groups excluding tert-OH is 7. The number of ether oxygens (including phenoxy) is 6. The molecular weight excluding hydrogens is 1710 g/mol. The number of ketones is 2. The molecule has 16 rings (SSSR count). The molecule has 12 unspecified atom stereocenters. The SMILES string of the molecule is CCC[C@@H](C)[C@H]1CCC2C3C([C@@H](O)C[C@@]21C)[C@@]1(C)CC[C@@H](O)C[C@H]1[C@@H](CC)[C@H]3O.CC[C@H]1C(=O)C2C3CC[C@H]([C@H](C)CCC(=O)OC)[C@@]3(C)C[C@H](O)C2[C@@]2(C)CC[C@@H](OC(C)=O)C[C@@H]12.CC[C@H]1C(=O)C2C3CC[C@H]([C@H](C)CCC(=O)OC)[C@@]3(C)[C@@H](C)[C@H](O)C2[C@@]2(C)CC[C@@H](OC(C)=O)C[C@@H]12.CC[C@H]1[C@@H](O)C2C3CC[C@H]([C@H](C)CCC(=O)OC)[C@@]3(C)C[C@H](O)C2[C@@]2(C)CC[C@@H](OC(C)=O)C[C@@H]12. The van der Waals surface area contributed by atoms with Gasteiger partial charge in [0.15, 0.2) is 0 Å². The highest BCUT2D eigenvalue weighted by Crippen LogP contribution is 2.76. The van der Waals surface area contributed by atoms with E-state index in [1.807, 2.05) is 0 Å². The molecule has 47 atom stereocenters. The predicted octanol–water partition coefficient (Wildman–Crippen LogP) is 19.9. The van der Waals surface area contributed by atoms with E-state index < -0.39 is 24.4 Å². The average Bonchev–Trinajstić information content (AvgIpc) is 1.66. The lowest BCUT2D eigenvalue weighted by atomic mass is 9.39. The number of esters is 6. The second-order valence-electron chi connectivity index (χ2n) is 50.8. The molecular formula is C114H188O21. The molecule has 0 radical (unpaired) electrons. The summed E-state index contributed by atoms with van der Waals surface area (Å²) in [6.45, 7) is 45.5. The highest BCUT2D eigenvalue weighted by molar-refractivity contribution is 5.87. The van der Waals surface area contributed by atoms with Crippen LogP contribution in [0.25, 0.3) is 0 Å². The first kappa shape index (κ1) is 108. The van der Waals surface area contributed by atoms with Crippen molar-refractivity contribution in [2.45, 2.75) is 431 Å². The van der Waals surface area contributed by atoms with Crippen molar-refractivity contribution in [2.75, 3.05) is 21.3 Å². The molecule has 0 aliphatic heterocycles. The van der Waals surface area contributed by atoms with Crippen LogP contribution in [0, 0.1) is 215 Å². The van der Waals surface area contributed by atoms with Gasteiger partial charge in [-0.05, 0) is 359 Å². The summed E-state index contributed by atoms with van der Waals surface area (Å²) in [5, 5.41) is 81.2. The van der Waals surface area contributed by atoms with Crippen molar-refractivity contribution < 1.29 is 103 Å². The highest BCUT2D eigenvalue weighted by atomic mass is 16.6. The van der Waals surface area contributed by atoms with Crippen LogP contribution >= 0.6 is 0 Å². The fourth-order valence-corrected chi connectivity index (χ4v) is 39.4. The number of Topliss-reactive ketones (excluding diaryl/α,β-unsaturated/α-hetero) is 2. The fraction of sp³-hybridized carbons (Fsp3) is 0.930. The maximum atomic E-state index is 14.3. The van der Waals surface area contributed by atoms with E-state index in [1.165, 1.54) is 67.8 Å². The van der Waals surface area contributed by atoms with Crippen molar-refractivity contribution in [1.82, 2.24) is 0 Å². The normalized spacial score (nSPS) is 48.6. The van der Waals surface area contributed by atoms with Crippen molar-refractivity contribution in [3.8, 4) is 0 Å². The Bertz CT molecular complexity index is 4110. The summed E-state index contributed by atoms with van der Waals surface area (Å²) in [5.74, 6) is 6.13. The second-order valence-corrected chi connectivity index (χ2v) is 50.8. The summed E-state index contributed by atoms with van der Waals surface area (Å²) in [6.07, 6.45) is 27.7. The maximum Gasteiger partial charge on any atom is 0.305 e. The molecule has 0 heterocycles. The van der Waals surface area contributed by atoms with Crippen LogP contribution in [0.5, 0.6) is 0 Å². The fourth-order valence-electron chi connectivity index (χ4n) is 39.4. The van der Waals surface area contributed by atoms with Crippen LogP contribution < -0.4 is 0 Å². The number of fused-ring (bicyclic) bond motifs is 20. The molecule has 0 aromatic rings. The quantitative estimate of drug-likeness (QED) is 0.0391. The Labute approximate surface area is 812 Å². The highest BCUT2D eigenvalue weighted by Gasteiger charge is 2.74. The first-order valence-electron chi connectivity index (χ1n) is 55.1. The van der Waals surface area contributed by atoms with Crippen LogP contribution in [-0.4, -0.2) is 165 Å². The second kappa shape index (κ2) is 42.3. The van der Waals surface area contributed by atoms with E-state index in [1.54, 1.807) is 0 Å². The first-order valence-corrected chi connectivity index (χ1v) is 55.1. The van der Waals surface area contributed by atoms with Gasteiger partial charge in [-0.3, -0.25) is 38.4 Å². The van der Waals surface area contributed by atoms with E-state index in [2.05, 4.69) is 125 Å². The van der Waals surface area contributed by atoms with E-state index in [-0.39, 0.29) is 222 Å². The zero-order valence-corrected chi connectivity index (χ0v) is 88.1. The van der Waals surface area contributed by atoms with Gasteiger partial charge in [-0.15, -0.1) is 0 Å². The molecule has 0 spiro atoms. The van der Waals surface area contributed by atoms with Gasteiger partial charge in [0, 0.05) is 75.5 Å². The van der Waals surface area contributed by atoms with Crippen molar-refractivity contribution in [3.05, 3.63) is 0 Å². The summed E-state index contributed by atoms with van der Waals surface area (Å²) >= 11 is 0. The van der Waals surface area contributed by atoms with Crippen molar-refractivity contribution in [3.63, 3.8) is 0 Å². The largest absolute Gasteiger partial charge is 0.469 e. The third-order valence-electron chi connectivity index (χ3n) is 45.3. The summed E-state index contributed by atoms with van der Waals surface area (Å²) in [7, 11) is 4.32. The zero-order chi connectivity index (χ0) is 99.1. The van der Waals surface area contributed by atoms with Crippen molar-refractivity contribution >= 4 is 47.4 Å². The Morgan fingerprint density at radius 3 is 1.05 bits per heavy atom. The van der Waals surface area contributed by atoms with Crippen molar-refractivity contribution in [1.29, 1.82) is 0 Å². The number of aliphatic hydroxyl groups is 7. The minimum Gasteiger partial charge on any atom is -0.469 e. The average molecular weight is 1890 g/mol. The Morgan fingerprint density at radius 1 is 0.356 bits per heavy atom. The molecule has 16 fully saturated rings. The number of hydrogen-bond acceptors (Lipinski definition) is 21. The van der Waals surface area contributed by atoms with E-state index in [9.17, 15) is 74.1 Å². The molecule has 135 heavy (non-hydrogen) atoms. The molecule has 0 aromatic heterocycles. The third-order valence-corrected chi connectivity index (χ3v) is 45.3. The molecule has 16 aliphatic rings. The lowest BCUT2D eigenvalue weighted by molar-refractivity contribution is -0.237. The lowest BCUT2D eigenvalue weighted by Gasteiger charge is -2.66. The number of carbonyl (C=O) groups excluding carboxylic acids is 8. The lowest BCUT2D eigenvalue weighted by Crippen LogP contribution is -2.67. The molecule has 0 saturated heterocycles. The minimum absolute atomic E-state index is 0.0247. The van der Waals surface area contributed by atoms with E-state index in [4.69, 9.17) is 28.4 Å². The van der Waals surface area contributed by atoms with Crippen molar-refractivity contribution in [2.24, 2.45) is 215 Å². The molecule has 0 amide bonds. The standard InChI is InChI=1S/C30H48O6.C29H48O6.C29H46O6.C26H46O3/c1-8-20-23-15-19(36-18(4)31)13-14-29(23,5)26-25(28(20)34)22-11-10-21(16(2)9-12-24(32)35-7)30(22,6)17(3)27(26)33;2*1-7-19-22-14-18(35-17(3)30)12-13-28(22,4)26-23(31)15-29(5)20(16(2)8-11-24(32)34-6)9-10-21(29)25(26)27(19)33;1-6-8-15(3)18-9-10-19-22-23(21(28)14-26(18,19)5)25(4)12-11-16(27)13-20(25)17(7-2)24(22)29/h16-17,19-23,25-27,33H,8-15H2,1-7H3;16,18-23,25-27,31,33H,7-15H2,1-6H3;16,18-23,25-26,31H,7-15H2,1-6H3;15-24,27-29H,6-14H2,1-5H3/t16-,17+,19-,20-,21-,22?,23+,25?,26?,27+,29+,30-;16-,18-,19-,20-,21?,22+,23+,25?,26?,27-,28+,29-;16-,18-,19-,20-,21?,22+,23+,25?,26?,28+,29-;15-,16-,17-,18-,19?,20+,21+,22?,23?,24-,25+,26-/m1111/s1. The Hall–Kier alpha value is -4.12. The van der Waals surface area contributed by atoms with Crippen LogP contribution in [0.2, 0.25) is 0 Å². The Balaban J connectivity index is 0.000000153. The number of rotatable bonds is 22. The first-order chi connectivity index (χ1) is 63.5. The number of hydrogen-bond donors (Lipinski definition) is 7. The summed E-state index contributed by atoms with van der Waals surface area (Å²) in [5.41, 5.74) is -0.372. The number of methoxy groups -OCH3 is 3. The van der Waals surface area contributed by atoms with Gasteiger partial charge in [-0.1, -0.05) is 150 Å². The van der Waals surface area contributed by atoms with Gasteiger partial charge >= 0.3 is 35.8 Å². The smallest absolute Gasteiger partial charge is 0.305 e. The van der Waals surface area contributed by atoms with Crippen LogP contribution in [0.1, 0.15) is 370 Å². The van der Waals surface area contributed by atoms with Gasteiger partial charge in [0.05, 0.1) is 64.1 Å². The van der Waals surface area contributed by atoms with Crippen LogP contribution in [0.15, 0.2) is 0 Å². The molecule has 0 aromatic carbocycles. The van der Waals surface area contributed by atoms with E-state index in [0.717, 1.165) is 180 Å². The summed E-state index contributed by atoms with van der Waals surface area (Å²) in [6, 6.07) is 0. The summed E-state index contributed by atoms with van der Waals surface area (Å²) in [4.78, 5) is 98.8. The molecule has 0 bridgehead atoms. The molecule has 16 saturated carbocycles. The van der Waals surface area contributed by atoms with Gasteiger partial charge in [0.25, 0.3) is 0 Å². The van der Waals surface area contributed by atoms with Crippen LogP contribution in [0.3, 0.4) is 0 Å². The van der Waals surface area contributed by atoms with E-state index >= 15 is 0 Å². The van der Waals surface area contributed by atoms with Gasteiger partial charge in [-0.25, -0.2) is 0 Å². The molecule has 21 nitrogen and oxygen atoms in total. The third kappa shape index (κ3) is 19.2. The van der Waals surface area contributed by atoms with Gasteiger partial charge < -0.3 is 64.2 Å². The Morgan fingerprint density at radius 2 is 0.674 bits per heavy atom. The van der Waals surface area contributed by atoms with Gasteiger partial charge in [0.1, 0.15) is 29.9 Å². The topological polar surface area (TPSA) is 334 Å². The van der Waals surface area contributed by atoms with Gasteiger partial charge in [-0.2, -0.15) is 0 Å². The maximum absolute atomic E-state index is 14.3. The number of carbonyl (C=O) groups is 8. The predicted molar refractivity (Wildman–Crippen MR) is 519 cm³/mol. The minimum atomic E-state index is -0.538. The molecule has 16 aliphatic carbocycles. The summed E-state index contributed by atoms with van der Waals surface area (Å²) < 4.78 is 31.5. The van der Waals surface area contributed by atoms with Gasteiger partial charge in [0.2, 0.25) is 0 Å².